The Labute approximate surface area is 56.2 Å². The molecular weight excluding hydrogens is 145 g/mol. The lowest BCUT2D eigenvalue weighted by Crippen LogP contribution is -2.13. The normalized spacial score (nSPS) is 13.4. The van der Waals surface area contributed by atoms with Crippen LogP contribution in [-0.2, 0) is 0 Å². The van der Waals surface area contributed by atoms with Gasteiger partial charge in [0.25, 0.3) is 0 Å². The highest BCUT2D eigenvalue weighted by atomic mass is 19.4. The molecule has 0 bridgehead atoms. The predicted octanol–water partition coefficient (Wildman–Crippen LogP) is 1.44. The lowest BCUT2D eigenvalue weighted by molar-refractivity contribution is -0.0919. The van der Waals surface area contributed by atoms with Crippen LogP contribution in [0.25, 0.3) is 0 Å². The lowest BCUT2D eigenvalue weighted by atomic mass is 10.5. The predicted molar refractivity (Wildman–Crippen MR) is 32.5 cm³/mol. The number of nitrogens with zero attached hydrogens (tertiary/aromatic N) is 1. The Morgan fingerprint density at radius 1 is 1.50 bits per heavy atom. The molecule has 0 fully saturated rings. The van der Waals surface area contributed by atoms with Crippen LogP contribution in [0.15, 0.2) is 17.3 Å². The SMILES string of the molecule is C=C(N=C(C)N)C(F)(F)F. The van der Waals surface area contributed by atoms with E-state index in [2.05, 4.69) is 11.6 Å². The second-order valence-corrected chi connectivity index (χ2v) is 1.70. The molecule has 0 aliphatic heterocycles. The van der Waals surface area contributed by atoms with Crippen LogP contribution >= 0.6 is 0 Å². The number of rotatable bonds is 1. The maximum atomic E-state index is 11.5. The minimum atomic E-state index is -4.47. The number of hydrogen-bond donors (Lipinski definition) is 1. The smallest absolute Gasteiger partial charge is 0.387 e. The van der Waals surface area contributed by atoms with Gasteiger partial charge in [-0.3, -0.25) is 0 Å². The number of amidine groups is 1. The molecule has 0 saturated carbocycles. The average Bonchev–Trinajstić information content (AvgIpc) is 1.60. The molecule has 2 N–H and O–H groups in total. The number of aliphatic imine (C=N–C) groups is 1. The van der Waals surface area contributed by atoms with Crippen LogP contribution in [0.3, 0.4) is 0 Å². The highest BCUT2D eigenvalue weighted by molar-refractivity contribution is 5.78. The van der Waals surface area contributed by atoms with Gasteiger partial charge in [0, 0.05) is 0 Å². The maximum Gasteiger partial charge on any atom is 0.432 e. The standard InChI is InChI=1S/C5H7F3N2/c1-3(5(6,7)8)10-4(2)9/h1H2,2H3,(H2,9,10). The molecule has 0 aliphatic carbocycles. The van der Waals surface area contributed by atoms with E-state index < -0.39 is 11.9 Å². The minimum Gasteiger partial charge on any atom is -0.387 e. The molecule has 0 amide bonds. The Kier molecular flexibility index (Phi) is 2.45. The van der Waals surface area contributed by atoms with Gasteiger partial charge in [-0.1, -0.05) is 6.58 Å². The van der Waals surface area contributed by atoms with Crippen molar-refractivity contribution in [2.45, 2.75) is 13.1 Å². The Bertz CT molecular complexity index is 164. The molecule has 2 nitrogen and oxygen atoms in total. The molecule has 0 rings (SSSR count). The molecule has 0 aromatic heterocycles. The molecule has 58 valence electrons. The van der Waals surface area contributed by atoms with Gasteiger partial charge in [0.05, 0.1) is 5.84 Å². The highest BCUT2D eigenvalue weighted by Crippen LogP contribution is 2.24. The molecular formula is C5H7F3N2. The number of alkyl halides is 3. The molecule has 0 aromatic carbocycles. The fourth-order valence-corrected chi connectivity index (χ4v) is 0.276. The highest BCUT2D eigenvalue weighted by Gasteiger charge is 2.31. The number of nitrogens with two attached hydrogens (primary N) is 1. The summed E-state index contributed by atoms with van der Waals surface area (Å²) >= 11 is 0. The summed E-state index contributed by atoms with van der Waals surface area (Å²) < 4.78 is 34.6. The zero-order valence-electron chi connectivity index (χ0n) is 5.37. The fraction of sp³-hybridized carbons (Fsp3) is 0.400. The van der Waals surface area contributed by atoms with Gasteiger partial charge in [0.2, 0.25) is 0 Å². The Morgan fingerprint density at radius 3 is 2.00 bits per heavy atom. The summed E-state index contributed by atoms with van der Waals surface area (Å²) in [4.78, 5) is 2.92. The van der Waals surface area contributed by atoms with Crippen LogP contribution in [0.4, 0.5) is 13.2 Å². The first-order valence-corrected chi connectivity index (χ1v) is 2.41. The van der Waals surface area contributed by atoms with Crippen molar-refractivity contribution in [2.75, 3.05) is 0 Å². The van der Waals surface area contributed by atoms with Gasteiger partial charge in [-0.2, -0.15) is 13.2 Å². The summed E-state index contributed by atoms with van der Waals surface area (Å²) in [5.74, 6) is -0.151. The van der Waals surface area contributed by atoms with Gasteiger partial charge < -0.3 is 5.73 Å². The second-order valence-electron chi connectivity index (χ2n) is 1.70. The molecule has 0 unspecified atom stereocenters. The van der Waals surface area contributed by atoms with Gasteiger partial charge in [-0.25, -0.2) is 4.99 Å². The Hall–Kier alpha value is -1.00. The number of halogens is 3. The van der Waals surface area contributed by atoms with Crippen LogP contribution in [0.1, 0.15) is 6.92 Å². The summed E-state index contributed by atoms with van der Waals surface area (Å²) in [6, 6.07) is 0. The lowest BCUT2D eigenvalue weighted by Gasteiger charge is -2.03. The Balaban J connectivity index is 4.27. The molecule has 0 aliphatic rings. The largest absolute Gasteiger partial charge is 0.432 e. The van der Waals surface area contributed by atoms with Gasteiger partial charge in [0.1, 0.15) is 5.70 Å². The van der Waals surface area contributed by atoms with Crippen molar-refractivity contribution in [1.29, 1.82) is 0 Å². The van der Waals surface area contributed by atoms with E-state index in [1.807, 2.05) is 0 Å². The summed E-state index contributed by atoms with van der Waals surface area (Å²) in [5.41, 5.74) is 3.71. The zero-order valence-corrected chi connectivity index (χ0v) is 5.37. The molecule has 0 saturated heterocycles. The van der Waals surface area contributed by atoms with E-state index in [0.717, 1.165) is 0 Å². The van der Waals surface area contributed by atoms with Gasteiger partial charge in [-0.15, -0.1) is 0 Å². The van der Waals surface area contributed by atoms with Crippen molar-refractivity contribution >= 4 is 5.84 Å². The van der Waals surface area contributed by atoms with Crippen LogP contribution in [0, 0.1) is 0 Å². The maximum absolute atomic E-state index is 11.5. The molecule has 0 heterocycles. The molecule has 0 aromatic rings. The van der Waals surface area contributed by atoms with Crippen LogP contribution in [0.5, 0.6) is 0 Å². The monoisotopic (exact) mass is 152 g/mol. The van der Waals surface area contributed by atoms with E-state index in [1.165, 1.54) is 6.92 Å². The van der Waals surface area contributed by atoms with E-state index in [1.54, 1.807) is 0 Å². The zero-order chi connectivity index (χ0) is 8.36. The fourth-order valence-electron chi connectivity index (χ4n) is 0.276. The summed E-state index contributed by atoms with van der Waals surface area (Å²) in [7, 11) is 0. The van der Waals surface area contributed by atoms with Crippen molar-refractivity contribution in [1.82, 2.24) is 0 Å². The van der Waals surface area contributed by atoms with Crippen LogP contribution in [0.2, 0.25) is 0 Å². The first-order chi connectivity index (χ1) is 4.34. The van der Waals surface area contributed by atoms with Gasteiger partial charge in [0.15, 0.2) is 0 Å². The van der Waals surface area contributed by atoms with E-state index in [9.17, 15) is 13.2 Å². The van der Waals surface area contributed by atoms with E-state index >= 15 is 0 Å². The Morgan fingerprint density at radius 2 is 1.90 bits per heavy atom. The molecule has 10 heavy (non-hydrogen) atoms. The third-order valence-corrected chi connectivity index (χ3v) is 0.639. The second kappa shape index (κ2) is 2.72. The number of hydrogen-bond acceptors (Lipinski definition) is 1. The van der Waals surface area contributed by atoms with Crippen molar-refractivity contribution < 1.29 is 13.2 Å². The molecule has 0 spiro atoms. The third-order valence-electron chi connectivity index (χ3n) is 0.639. The summed E-state index contributed by atoms with van der Waals surface area (Å²) in [5, 5.41) is 0. The van der Waals surface area contributed by atoms with Crippen molar-refractivity contribution in [3.8, 4) is 0 Å². The van der Waals surface area contributed by atoms with Crippen molar-refractivity contribution in [3.05, 3.63) is 12.3 Å². The van der Waals surface area contributed by atoms with Crippen LogP contribution < -0.4 is 5.73 Å². The van der Waals surface area contributed by atoms with E-state index in [4.69, 9.17) is 5.73 Å². The molecule has 0 atom stereocenters. The first kappa shape index (κ1) is 9.00. The summed E-state index contributed by atoms with van der Waals surface area (Å²) in [6.45, 7) is 3.93. The topological polar surface area (TPSA) is 38.4 Å². The van der Waals surface area contributed by atoms with Crippen molar-refractivity contribution in [3.63, 3.8) is 0 Å². The van der Waals surface area contributed by atoms with Crippen LogP contribution in [-0.4, -0.2) is 12.0 Å². The average molecular weight is 152 g/mol. The number of allylic oxidation sites excluding steroid dienone is 1. The molecule has 5 heteroatoms. The molecule has 0 radical (unpaired) electrons. The quantitative estimate of drug-likeness (QED) is 0.448. The van der Waals surface area contributed by atoms with Crippen molar-refractivity contribution in [2.24, 2.45) is 10.7 Å². The van der Waals surface area contributed by atoms with E-state index in [0.29, 0.717) is 0 Å². The van der Waals surface area contributed by atoms with Gasteiger partial charge in [-0.05, 0) is 6.92 Å². The third kappa shape index (κ3) is 3.11. The van der Waals surface area contributed by atoms with E-state index in [-0.39, 0.29) is 5.84 Å². The summed E-state index contributed by atoms with van der Waals surface area (Å²) in [6.07, 6.45) is -4.47. The minimum absolute atomic E-state index is 0.151. The van der Waals surface area contributed by atoms with Gasteiger partial charge >= 0.3 is 6.18 Å². The first-order valence-electron chi connectivity index (χ1n) is 2.41.